The van der Waals surface area contributed by atoms with Crippen LogP contribution in [-0.4, -0.2) is 9.52 Å². The summed E-state index contributed by atoms with van der Waals surface area (Å²) < 4.78 is 0. The topological polar surface area (TPSA) is 0 Å². The van der Waals surface area contributed by atoms with Crippen molar-refractivity contribution in [1.29, 1.82) is 0 Å². The van der Waals surface area contributed by atoms with Crippen LogP contribution >= 0.6 is 17.0 Å². The van der Waals surface area contributed by atoms with Crippen LogP contribution in [0.5, 0.6) is 0 Å². The molecule has 0 N–H and O–H groups in total. The number of benzene rings is 2. The van der Waals surface area contributed by atoms with Gasteiger partial charge in [0.2, 0.25) is 0 Å². The van der Waals surface area contributed by atoms with Gasteiger partial charge in [-0.05, 0) is 36.5 Å². The minimum absolute atomic E-state index is 0.600. The van der Waals surface area contributed by atoms with Gasteiger partial charge < -0.3 is 0 Å². The van der Waals surface area contributed by atoms with Crippen molar-refractivity contribution in [3.63, 3.8) is 0 Å². The Morgan fingerprint density at radius 3 is 1.14 bits per heavy atom. The van der Waals surface area contributed by atoms with Gasteiger partial charge in [0.25, 0.3) is 0 Å². The van der Waals surface area contributed by atoms with Crippen molar-refractivity contribution in [3.05, 3.63) is 81.9 Å². The molecule has 0 atom stereocenters. The molecule has 4 heteroatoms. The second-order valence-corrected chi connectivity index (χ2v) is 17.4. The summed E-state index contributed by atoms with van der Waals surface area (Å²) in [7, 11) is 11.0. The van der Waals surface area contributed by atoms with Crippen molar-refractivity contribution < 1.29 is 20.8 Å². The molecular weight excluding hydrogens is 647 g/mol. The molecular formula is C38H56Cl2SiZr. The summed E-state index contributed by atoms with van der Waals surface area (Å²) in [6.45, 7) is 27.1. The van der Waals surface area contributed by atoms with Gasteiger partial charge in [0.1, 0.15) is 0 Å². The Morgan fingerprint density at radius 2 is 0.905 bits per heavy atom. The van der Waals surface area contributed by atoms with Crippen molar-refractivity contribution in [2.24, 2.45) is 0 Å². The first-order valence-corrected chi connectivity index (χ1v) is 24.2. The van der Waals surface area contributed by atoms with E-state index in [0.29, 0.717) is 23.7 Å². The predicted molar refractivity (Wildman–Crippen MR) is 193 cm³/mol. The van der Waals surface area contributed by atoms with E-state index < -0.39 is 20.8 Å². The zero-order valence-electron chi connectivity index (χ0n) is 28.5. The van der Waals surface area contributed by atoms with E-state index in [4.69, 9.17) is 17.0 Å². The van der Waals surface area contributed by atoms with Gasteiger partial charge in [0, 0.05) is 9.52 Å². The number of hydrogen-bond donors (Lipinski definition) is 0. The number of fused-ring (bicyclic) bond motifs is 2. The Hall–Kier alpha value is -0.660. The van der Waals surface area contributed by atoms with E-state index in [1.54, 1.807) is 0 Å². The summed E-state index contributed by atoms with van der Waals surface area (Å²) in [6, 6.07) is 19.2. The Morgan fingerprint density at radius 1 is 0.595 bits per heavy atom. The summed E-state index contributed by atoms with van der Waals surface area (Å²) in [4.78, 5) is 0. The molecule has 230 valence electrons. The Kier molecular flexibility index (Phi) is 19.1. The molecule has 0 heterocycles. The van der Waals surface area contributed by atoms with E-state index in [1.807, 2.05) is 0 Å². The summed E-state index contributed by atoms with van der Waals surface area (Å²) in [6.07, 6.45) is 4.85. The van der Waals surface area contributed by atoms with Gasteiger partial charge in [-0.15, -0.1) is 56.9 Å². The van der Waals surface area contributed by atoms with E-state index in [-0.39, 0.29) is 0 Å². The average molecular weight is 703 g/mol. The molecule has 0 aliphatic heterocycles. The number of halogens is 2. The van der Waals surface area contributed by atoms with Crippen LogP contribution in [0.25, 0.3) is 21.5 Å². The Labute approximate surface area is 280 Å². The molecule has 0 bridgehead atoms. The maximum atomic E-state index is 4.93. The molecule has 4 aromatic rings. The second-order valence-electron chi connectivity index (χ2n) is 12.6. The van der Waals surface area contributed by atoms with Crippen LogP contribution in [-0.2, 0) is 33.7 Å². The van der Waals surface area contributed by atoms with Gasteiger partial charge >= 0.3 is 37.9 Å². The van der Waals surface area contributed by atoms with Crippen LogP contribution in [0.3, 0.4) is 0 Å². The number of hydrogen-bond acceptors (Lipinski definition) is 0. The van der Waals surface area contributed by atoms with E-state index in [2.05, 4.69) is 131 Å². The molecule has 0 nitrogen and oxygen atoms in total. The monoisotopic (exact) mass is 700 g/mol. The number of rotatable bonds is 8. The summed E-state index contributed by atoms with van der Waals surface area (Å²) in [5.41, 5.74) is 8.96. The van der Waals surface area contributed by atoms with E-state index >= 15 is 0 Å². The third-order valence-corrected chi connectivity index (χ3v) is 7.53. The van der Waals surface area contributed by atoms with Gasteiger partial charge in [-0.2, -0.15) is 12.1 Å². The third-order valence-electron chi connectivity index (χ3n) is 7.53. The van der Waals surface area contributed by atoms with Crippen molar-refractivity contribution in [1.82, 2.24) is 0 Å². The van der Waals surface area contributed by atoms with Crippen molar-refractivity contribution in [2.45, 2.75) is 132 Å². The van der Waals surface area contributed by atoms with E-state index in [0.717, 1.165) is 9.52 Å². The average Bonchev–Trinajstić information content (AvgIpc) is 3.52. The van der Waals surface area contributed by atoms with Gasteiger partial charge in [-0.25, -0.2) is 0 Å². The van der Waals surface area contributed by atoms with Crippen molar-refractivity contribution in [3.8, 4) is 0 Å². The quantitative estimate of drug-likeness (QED) is 0.127. The molecule has 4 aromatic carbocycles. The van der Waals surface area contributed by atoms with Crippen LogP contribution in [0.15, 0.2) is 48.5 Å². The van der Waals surface area contributed by atoms with Crippen LogP contribution in [0.2, 0.25) is 13.1 Å². The second kappa shape index (κ2) is 20.4. The molecule has 0 saturated carbocycles. The molecule has 0 unspecified atom stereocenters. The fourth-order valence-electron chi connectivity index (χ4n) is 5.36. The molecule has 42 heavy (non-hydrogen) atoms. The SMILES string of the molecule is CCCc1cc2c(C(C)C)cc(C(C)C)cc2[cH-]1.CCCc1cc2c(C(C)C)cc(C(C)C)cc2[cH-]1.C[Si]C.[Cl][Zr+2][Cl]. The van der Waals surface area contributed by atoms with Gasteiger partial charge in [0.15, 0.2) is 0 Å². The predicted octanol–water partition coefficient (Wildman–Crippen LogP) is 13.7. The molecule has 0 aliphatic carbocycles. The molecule has 0 spiro atoms. The minimum atomic E-state index is -0.826. The Bertz CT molecular complexity index is 1210. The summed E-state index contributed by atoms with van der Waals surface area (Å²) in [5.74, 6) is 2.42. The van der Waals surface area contributed by atoms with Gasteiger partial charge in [-0.3, -0.25) is 0 Å². The molecule has 0 fully saturated rings. The van der Waals surface area contributed by atoms with Crippen molar-refractivity contribution >= 4 is 48.1 Å². The van der Waals surface area contributed by atoms with Crippen LogP contribution in [0.4, 0.5) is 0 Å². The fraction of sp³-hybridized carbons (Fsp3) is 0.526. The first-order valence-electron chi connectivity index (χ1n) is 15.9. The molecule has 2 radical (unpaired) electrons. The van der Waals surface area contributed by atoms with Gasteiger partial charge in [-0.1, -0.05) is 130 Å². The summed E-state index contributed by atoms with van der Waals surface area (Å²) in [5, 5.41) is 5.82. The molecule has 0 saturated heterocycles. The fourth-order valence-corrected chi connectivity index (χ4v) is 5.36. The normalized spacial score (nSPS) is 10.9. The van der Waals surface area contributed by atoms with E-state index in [1.165, 1.54) is 80.6 Å². The van der Waals surface area contributed by atoms with Gasteiger partial charge in [0.05, 0.1) is 0 Å². The third kappa shape index (κ3) is 12.0. The molecule has 0 amide bonds. The standard InChI is InChI=1S/2C18H25.C2H6Si.2ClH.Zr/c2*1-6-7-14-8-16-10-15(12(2)3)11-17(13(4)5)18(16)9-14;1-3-2;;;/h2*8-13H,6-7H2,1-5H3;1-2H3;2*1H;/q2*-1;;;;+4/p-2. The zero-order chi connectivity index (χ0) is 32.0. The van der Waals surface area contributed by atoms with Crippen molar-refractivity contribution in [2.75, 3.05) is 0 Å². The van der Waals surface area contributed by atoms with Crippen LogP contribution < -0.4 is 0 Å². The summed E-state index contributed by atoms with van der Waals surface area (Å²) >= 11 is -0.826. The van der Waals surface area contributed by atoms with E-state index in [9.17, 15) is 0 Å². The first kappa shape index (κ1) is 39.4. The Balaban J connectivity index is 0.000000354. The molecule has 0 aromatic heterocycles. The molecule has 0 aliphatic rings. The first-order chi connectivity index (χ1) is 19.9. The maximum absolute atomic E-state index is 4.93. The van der Waals surface area contributed by atoms with Crippen LogP contribution in [0, 0.1) is 0 Å². The zero-order valence-corrected chi connectivity index (χ0v) is 33.5. The van der Waals surface area contributed by atoms with Crippen LogP contribution in [0.1, 0.15) is 139 Å². The number of aryl methyl sites for hydroxylation is 2. The molecule has 4 rings (SSSR count).